The maximum Gasteiger partial charge on any atom is 0.306 e. The summed E-state index contributed by atoms with van der Waals surface area (Å²) >= 11 is 0. The number of ketones is 1. The van der Waals surface area contributed by atoms with Crippen molar-refractivity contribution in [2.75, 3.05) is 13.2 Å². The molecule has 0 aromatic heterocycles. The van der Waals surface area contributed by atoms with E-state index in [-0.39, 0.29) is 31.0 Å². The molecule has 0 aliphatic heterocycles. The van der Waals surface area contributed by atoms with Crippen LogP contribution in [0.2, 0.25) is 0 Å². The second kappa shape index (κ2) is 11.6. The van der Waals surface area contributed by atoms with Gasteiger partial charge in [0.1, 0.15) is 11.6 Å². The summed E-state index contributed by atoms with van der Waals surface area (Å²) in [5.41, 5.74) is 1.21. The Kier molecular flexibility index (Phi) is 8.82. The minimum atomic E-state index is -0.627. The van der Waals surface area contributed by atoms with Crippen LogP contribution in [0.15, 0.2) is 48.5 Å². The fraction of sp³-hybridized carbons (Fsp3) is 0.318. The van der Waals surface area contributed by atoms with Crippen LogP contribution in [0.5, 0.6) is 5.75 Å². The molecule has 0 bridgehead atoms. The highest BCUT2D eigenvalue weighted by atomic mass is 19.1. The van der Waals surface area contributed by atoms with E-state index in [9.17, 15) is 18.8 Å². The summed E-state index contributed by atoms with van der Waals surface area (Å²) in [5, 5.41) is 2.57. The van der Waals surface area contributed by atoms with Crippen LogP contribution in [0.1, 0.15) is 42.1 Å². The highest BCUT2D eigenvalue weighted by molar-refractivity contribution is 5.97. The summed E-state index contributed by atoms with van der Waals surface area (Å²) < 4.78 is 23.2. The van der Waals surface area contributed by atoms with Gasteiger partial charge in [-0.15, -0.1) is 0 Å². The Hall–Kier alpha value is -3.22. The first-order valence-electron chi connectivity index (χ1n) is 9.40. The summed E-state index contributed by atoms with van der Waals surface area (Å²) in [6.07, 6.45) is 0.774. The molecule has 0 saturated heterocycles. The fourth-order valence-electron chi connectivity index (χ4n) is 2.39. The van der Waals surface area contributed by atoms with Gasteiger partial charge in [-0.2, -0.15) is 0 Å². The molecule has 0 spiro atoms. The summed E-state index contributed by atoms with van der Waals surface area (Å²) in [6, 6.07) is 12.4. The van der Waals surface area contributed by atoms with E-state index in [0.717, 1.165) is 12.0 Å². The Balaban J connectivity index is 1.66. The minimum absolute atomic E-state index is 0.00873. The minimum Gasteiger partial charge on any atom is -0.494 e. The van der Waals surface area contributed by atoms with Crippen LogP contribution in [-0.4, -0.2) is 30.9 Å². The van der Waals surface area contributed by atoms with Gasteiger partial charge in [0.05, 0.1) is 13.0 Å². The Labute approximate surface area is 169 Å². The summed E-state index contributed by atoms with van der Waals surface area (Å²) in [5.74, 6) is -0.960. The van der Waals surface area contributed by atoms with Crippen molar-refractivity contribution < 1.29 is 28.2 Å². The van der Waals surface area contributed by atoms with E-state index >= 15 is 0 Å². The molecule has 0 unspecified atom stereocenters. The lowest BCUT2D eigenvalue weighted by molar-refractivity contribution is -0.148. The average Bonchev–Trinajstić information content (AvgIpc) is 2.74. The van der Waals surface area contributed by atoms with Gasteiger partial charge in [0.2, 0.25) is 0 Å². The monoisotopic (exact) mass is 401 g/mol. The van der Waals surface area contributed by atoms with Gasteiger partial charge < -0.3 is 14.8 Å². The van der Waals surface area contributed by atoms with E-state index in [2.05, 4.69) is 5.32 Å². The van der Waals surface area contributed by atoms with Crippen LogP contribution in [0.25, 0.3) is 0 Å². The number of halogens is 1. The van der Waals surface area contributed by atoms with Crippen molar-refractivity contribution in [3.05, 3.63) is 65.5 Å². The number of benzene rings is 2. The molecule has 1 N–H and O–H groups in total. The molecule has 0 saturated carbocycles. The normalized spacial score (nSPS) is 10.3. The zero-order valence-corrected chi connectivity index (χ0v) is 16.3. The Morgan fingerprint density at radius 3 is 2.31 bits per heavy atom. The van der Waals surface area contributed by atoms with Crippen LogP contribution in [-0.2, 0) is 20.9 Å². The first kappa shape index (κ1) is 22.1. The van der Waals surface area contributed by atoms with Gasteiger partial charge in [-0.3, -0.25) is 14.4 Å². The van der Waals surface area contributed by atoms with E-state index in [0.29, 0.717) is 17.9 Å². The number of amides is 1. The lowest BCUT2D eigenvalue weighted by Crippen LogP contribution is -2.28. The molecule has 2 aromatic rings. The molecule has 0 radical (unpaired) electrons. The maximum absolute atomic E-state index is 12.8. The van der Waals surface area contributed by atoms with Crippen LogP contribution >= 0.6 is 0 Å². The van der Waals surface area contributed by atoms with E-state index in [1.165, 1.54) is 12.1 Å². The van der Waals surface area contributed by atoms with Crippen molar-refractivity contribution in [1.82, 2.24) is 5.32 Å². The summed E-state index contributed by atoms with van der Waals surface area (Å²) in [4.78, 5) is 35.6. The van der Waals surface area contributed by atoms with E-state index in [1.54, 1.807) is 36.4 Å². The summed E-state index contributed by atoms with van der Waals surface area (Å²) in [7, 11) is 0. The molecule has 2 rings (SSSR count). The lowest BCUT2D eigenvalue weighted by atomic mass is 10.1. The predicted octanol–water partition coefficient (Wildman–Crippen LogP) is 3.44. The number of rotatable bonds is 11. The largest absolute Gasteiger partial charge is 0.494 e. The number of carbonyl (C=O) groups excluding carboxylic acids is 3. The number of ether oxygens (including phenoxy) is 2. The topological polar surface area (TPSA) is 81.7 Å². The lowest BCUT2D eigenvalue weighted by Gasteiger charge is -2.07. The van der Waals surface area contributed by atoms with Gasteiger partial charge in [-0.1, -0.05) is 19.1 Å². The molecule has 0 fully saturated rings. The van der Waals surface area contributed by atoms with Gasteiger partial charge in [-0.25, -0.2) is 4.39 Å². The number of hydrogen-bond donors (Lipinski definition) is 1. The second-order valence-electron chi connectivity index (χ2n) is 6.36. The highest BCUT2D eigenvalue weighted by Crippen LogP contribution is 2.14. The average molecular weight is 401 g/mol. The fourth-order valence-corrected chi connectivity index (χ4v) is 2.39. The Morgan fingerprint density at radius 2 is 1.66 bits per heavy atom. The van der Waals surface area contributed by atoms with Crippen LogP contribution in [0, 0.1) is 5.82 Å². The number of Topliss-reactive ketones (excluding diaryl/α,β-unsaturated/α-hetero) is 1. The van der Waals surface area contributed by atoms with Gasteiger partial charge in [0, 0.05) is 18.5 Å². The third-order valence-corrected chi connectivity index (χ3v) is 3.97. The van der Waals surface area contributed by atoms with E-state index < -0.39 is 18.5 Å². The predicted molar refractivity (Wildman–Crippen MR) is 105 cm³/mol. The third kappa shape index (κ3) is 8.13. The smallest absolute Gasteiger partial charge is 0.306 e. The molecule has 0 aliphatic carbocycles. The first-order chi connectivity index (χ1) is 14.0. The van der Waals surface area contributed by atoms with E-state index in [1.807, 2.05) is 6.92 Å². The van der Waals surface area contributed by atoms with Crippen molar-refractivity contribution in [2.24, 2.45) is 0 Å². The Morgan fingerprint density at radius 1 is 0.966 bits per heavy atom. The van der Waals surface area contributed by atoms with Crippen LogP contribution in [0.4, 0.5) is 4.39 Å². The molecular weight excluding hydrogens is 377 g/mol. The molecule has 0 heterocycles. The zero-order valence-electron chi connectivity index (χ0n) is 16.3. The molecule has 1 amide bonds. The number of esters is 1. The third-order valence-electron chi connectivity index (χ3n) is 3.97. The maximum atomic E-state index is 12.8. The molecule has 2 aromatic carbocycles. The molecule has 6 nitrogen and oxygen atoms in total. The molecular formula is C22H24FNO5. The molecule has 29 heavy (non-hydrogen) atoms. The first-order valence-corrected chi connectivity index (χ1v) is 9.40. The quantitative estimate of drug-likeness (QED) is 0.461. The van der Waals surface area contributed by atoms with Crippen LogP contribution < -0.4 is 10.1 Å². The number of nitrogens with one attached hydrogen (secondary N) is 1. The SMILES string of the molecule is CCCOc1ccc(C(=O)CCC(=O)OCC(=O)NCc2ccc(F)cc2)cc1. The number of hydrogen-bond acceptors (Lipinski definition) is 5. The van der Waals surface area contributed by atoms with Crippen molar-refractivity contribution >= 4 is 17.7 Å². The standard InChI is InChI=1S/C22H24FNO5/c1-2-13-28-19-9-5-17(6-10-19)20(25)11-12-22(27)29-15-21(26)24-14-16-3-7-18(23)8-4-16/h3-10H,2,11-15H2,1H3,(H,24,26). The van der Waals surface area contributed by atoms with Gasteiger partial charge >= 0.3 is 5.97 Å². The van der Waals surface area contributed by atoms with Gasteiger partial charge in [-0.05, 0) is 48.4 Å². The van der Waals surface area contributed by atoms with Crippen LogP contribution in [0.3, 0.4) is 0 Å². The molecule has 0 aliphatic rings. The molecule has 0 atom stereocenters. The van der Waals surface area contributed by atoms with Crippen molar-refractivity contribution in [2.45, 2.75) is 32.7 Å². The van der Waals surface area contributed by atoms with E-state index in [4.69, 9.17) is 9.47 Å². The van der Waals surface area contributed by atoms with Gasteiger partial charge in [0.25, 0.3) is 5.91 Å². The van der Waals surface area contributed by atoms with Crippen molar-refractivity contribution in [3.63, 3.8) is 0 Å². The van der Waals surface area contributed by atoms with Crippen molar-refractivity contribution in [1.29, 1.82) is 0 Å². The van der Waals surface area contributed by atoms with Gasteiger partial charge in [0.15, 0.2) is 12.4 Å². The second-order valence-corrected chi connectivity index (χ2v) is 6.36. The molecule has 154 valence electrons. The molecule has 7 heteroatoms. The number of carbonyl (C=O) groups is 3. The highest BCUT2D eigenvalue weighted by Gasteiger charge is 2.12. The zero-order chi connectivity index (χ0) is 21.1. The summed E-state index contributed by atoms with van der Waals surface area (Å²) in [6.45, 7) is 2.38. The Bertz CT molecular complexity index is 818. The van der Waals surface area contributed by atoms with Crippen molar-refractivity contribution in [3.8, 4) is 5.75 Å².